The van der Waals surface area contributed by atoms with Gasteiger partial charge in [0.2, 0.25) is 5.91 Å². The summed E-state index contributed by atoms with van der Waals surface area (Å²) < 4.78 is 37.7. The third-order valence-electron chi connectivity index (χ3n) is 4.24. The number of anilines is 1. The molecule has 1 amide bonds. The van der Waals surface area contributed by atoms with Crippen molar-refractivity contribution in [3.8, 4) is 0 Å². The molecule has 1 aliphatic rings. The Morgan fingerprint density at radius 3 is 2.26 bits per heavy atom. The largest absolute Gasteiger partial charge is 0.435 e. The molecule has 0 spiro atoms. The molecule has 0 atom stereocenters. The highest BCUT2D eigenvalue weighted by molar-refractivity contribution is 6.42. The third kappa shape index (κ3) is 4.81. The fourth-order valence-electron chi connectivity index (χ4n) is 2.77. The first-order chi connectivity index (χ1) is 12.7. The molecule has 2 heterocycles. The van der Waals surface area contributed by atoms with Crippen molar-refractivity contribution in [2.45, 2.75) is 12.6 Å². The monoisotopic (exact) mass is 418 g/mol. The standard InChI is InChI=1S/C17H15Cl2F3N4O/c18-12-2-1-11(9-13(12)19)10-16(27)26-7-5-25(6-8-26)15-4-3-14(23-24-15)17(20,21)22/h1-4,9H,5-8,10H2. The Bertz CT molecular complexity index is 822. The van der Waals surface area contributed by atoms with Crippen LogP contribution in [0.3, 0.4) is 0 Å². The van der Waals surface area contributed by atoms with Crippen LogP contribution in [0.1, 0.15) is 11.3 Å². The van der Waals surface area contributed by atoms with E-state index in [0.717, 1.165) is 11.6 Å². The lowest BCUT2D eigenvalue weighted by molar-refractivity contribution is -0.141. The number of alkyl halides is 3. The molecule has 10 heteroatoms. The minimum absolute atomic E-state index is 0.0495. The highest BCUT2D eigenvalue weighted by Gasteiger charge is 2.33. The van der Waals surface area contributed by atoms with Gasteiger partial charge < -0.3 is 9.80 Å². The first-order valence-corrected chi connectivity index (χ1v) is 8.87. The van der Waals surface area contributed by atoms with E-state index in [4.69, 9.17) is 23.2 Å². The number of aromatic nitrogens is 2. The summed E-state index contributed by atoms with van der Waals surface area (Å²) in [5.41, 5.74) is -0.257. The summed E-state index contributed by atoms with van der Waals surface area (Å²) in [5.74, 6) is 0.311. The minimum Gasteiger partial charge on any atom is -0.352 e. The van der Waals surface area contributed by atoms with Crippen molar-refractivity contribution in [2.75, 3.05) is 31.1 Å². The molecule has 1 aromatic carbocycles. The van der Waals surface area contributed by atoms with Crippen LogP contribution in [0, 0.1) is 0 Å². The maximum Gasteiger partial charge on any atom is 0.435 e. The molecule has 0 bridgehead atoms. The van der Waals surface area contributed by atoms with Crippen LogP contribution in [0.4, 0.5) is 19.0 Å². The van der Waals surface area contributed by atoms with Gasteiger partial charge in [0.25, 0.3) is 0 Å². The van der Waals surface area contributed by atoms with Crippen molar-refractivity contribution >= 4 is 34.9 Å². The molecule has 0 N–H and O–H groups in total. The molecule has 1 aliphatic heterocycles. The Kier molecular flexibility index (Phi) is 5.76. The molecule has 1 saturated heterocycles. The zero-order valence-corrected chi connectivity index (χ0v) is 15.5. The summed E-state index contributed by atoms with van der Waals surface area (Å²) in [6.07, 6.45) is -4.31. The molecule has 144 valence electrons. The van der Waals surface area contributed by atoms with Gasteiger partial charge in [-0.15, -0.1) is 10.2 Å². The maximum absolute atomic E-state index is 12.6. The van der Waals surface area contributed by atoms with Crippen molar-refractivity contribution in [3.63, 3.8) is 0 Å². The Morgan fingerprint density at radius 1 is 1.00 bits per heavy atom. The molecular formula is C17H15Cl2F3N4O. The van der Waals surface area contributed by atoms with Gasteiger partial charge in [-0.2, -0.15) is 13.2 Å². The zero-order chi connectivity index (χ0) is 19.6. The Labute approximate surface area is 163 Å². The molecule has 2 aromatic rings. The highest BCUT2D eigenvalue weighted by Crippen LogP contribution is 2.28. The van der Waals surface area contributed by atoms with Crippen molar-refractivity contribution in [3.05, 3.63) is 51.6 Å². The van der Waals surface area contributed by atoms with E-state index in [1.165, 1.54) is 6.07 Å². The molecule has 1 fully saturated rings. The van der Waals surface area contributed by atoms with Crippen LogP contribution in [0.15, 0.2) is 30.3 Å². The Hall–Kier alpha value is -2.06. The Morgan fingerprint density at radius 2 is 1.70 bits per heavy atom. The van der Waals surface area contributed by atoms with Crippen molar-refractivity contribution < 1.29 is 18.0 Å². The second-order valence-electron chi connectivity index (χ2n) is 6.07. The molecule has 0 aliphatic carbocycles. The van der Waals surface area contributed by atoms with Gasteiger partial charge >= 0.3 is 6.18 Å². The van der Waals surface area contributed by atoms with E-state index < -0.39 is 11.9 Å². The minimum atomic E-state index is -4.51. The van der Waals surface area contributed by atoms with Crippen LogP contribution >= 0.6 is 23.2 Å². The Balaban J connectivity index is 1.56. The molecular weight excluding hydrogens is 404 g/mol. The number of benzene rings is 1. The van der Waals surface area contributed by atoms with Crippen molar-refractivity contribution in [1.29, 1.82) is 0 Å². The number of rotatable bonds is 3. The average Bonchev–Trinajstić information content (AvgIpc) is 2.64. The quantitative estimate of drug-likeness (QED) is 0.762. The number of hydrogen-bond acceptors (Lipinski definition) is 4. The van der Waals surface area contributed by atoms with Crippen LogP contribution in [-0.2, 0) is 17.4 Å². The molecule has 27 heavy (non-hydrogen) atoms. The summed E-state index contributed by atoms with van der Waals surface area (Å²) in [7, 11) is 0. The maximum atomic E-state index is 12.6. The van der Waals surface area contributed by atoms with E-state index in [-0.39, 0.29) is 12.3 Å². The lowest BCUT2D eigenvalue weighted by Gasteiger charge is -2.35. The fraction of sp³-hybridized carbons (Fsp3) is 0.353. The summed E-state index contributed by atoms with van der Waals surface area (Å²) >= 11 is 11.8. The lowest BCUT2D eigenvalue weighted by Crippen LogP contribution is -2.49. The molecule has 3 rings (SSSR count). The molecule has 0 radical (unpaired) electrons. The molecule has 5 nitrogen and oxygen atoms in total. The summed E-state index contributed by atoms with van der Waals surface area (Å²) in [4.78, 5) is 15.9. The highest BCUT2D eigenvalue weighted by atomic mass is 35.5. The van der Waals surface area contributed by atoms with Gasteiger partial charge in [0, 0.05) is 26.2 Å². The second-order valence-corrected chi connectivity index (χ2v) is 6.88. The second kappa shape index (κ2) is 7.90. The van der Waals surface area contributed by atoms with Crippen LogP contribution in [0.2, 0.25) is 10.0 Å². The summed E-state index contributed by atoms with van der Waals surface area (Å²) in [5, 5.41) is 7.71. The van der Waals surface area contributed by atoms with E-state index >= 15 is 0 Å². The van der Waals surface area contributed by atoms with Gasteiger partial charge in [0.15, 0.2) is 11.5 Å². The van der Waals surface area contributed by atoms with Gasteiger partial charge in [-0.05, 0) is 29.8 Å². The van der Waals surface area contributed by atoms with Crippen LogP contribution in [0.25, 0.3) is 0 Å². The molecule has 1 aromatic heterocycles. The van der Waals surface area contributed by atoms with Crippen LogP contribution < -0.4 is 4.90 Å². The topological polar surface area (TPSA) is 49.3 Å². The van der Waals surface area contributed by atoms with E-state index in [9.17, 15) is 18.0 Å². The number of piperazine rings is 1. The number of amides is 1. The fourth-order valence-corrected chi connectivity index (χ4v) is 3.09. The van der Waals surface area contributed by atoms with Gasteiger partial charge in [-0.25, -0.2) is 0 Å². The first-order valence-electron chi connectivity index (χ1n) is 8.11. The third-order valence-corrected chi connectivity index (χ3v) is 4.98. The SMILES string of the molecule is O=C(Cc1ccc(Cl)c(Cl)c1)N1CCN(c2ccc(C(F)(F)F)nn2)CC1. The van der Waals surface area contributed by atoms with Gasteiger partial charge in [-0.1, -0.05) is 29.3 Å². The molecule has 0 unspecified atom stereocenters. The van der Waals surface area contributed by atoms with Crippen LogP contribution in [0.5, 0.6) is 0 Å². The summed E-state index contributed by atoms with van der Waals surface area (Å²) in [6, 6.07) is 7.26. The average molecular weight is 419 g/mol. The number of carbonyl (C=O) groups is 1. The zero-order valence-electron chi connectivity index (χ0n) is 14.0. The van der Waals surface area contributed by atoms with Crippen molar-refractivity contribution in [1.82, 2.24) is 15.1 Å². The number of halogens is 5. The van der Waals surface area contributed by atoms with Gasteiger partial charge in [0.05, 0.1) is 16.5 Å². The predicted octanol–water partition coefficient (Wildman–Crippen LogP) is 3.69. The van der Waals surface area contributed by atoms with E-state index in [0.29, 0.717) is 42.0 Å². The predicted molar refractivity (Wildman–Crippen MR) is 96.0 cm³/mol. The lowest BCUT2D eigenvalue weighted by atomic mass is 10.1. The van der Waals surface area contributed by atoms with E-state index in [2.05, 4.69) is 10.2 Å². The van der Waals surface area contributed by atoms with Crippen molar-refractivity contribution in [2.24, 2.45) is 0 Å². The van der Waals surface area contributed by atoms with E-state index in [1.807, 2.05) is 0 Å². The number of nitrogens with zero attached hydrogens (tertiary/aromatic N) is 4. The van der Waals surface area contributed by atoms with Gasteiger partial charge in [-0.3, -0.25) is 4.79 Å². The van der Waals surface area contributed by atoms with Gasteiger partial charge in [0.1, 0.15) is 0 Å². The number of hydrogen-bond donors (Lipinski definition) is 0. The summed E-state index contributed by atoms with van der Waals surface area (Å²) in [6.45, 7) is 1.83. The smallest absolute Gasteiger partial charge is 0.352 e. The molecule has 0 saturated carbocycles. The van der Waals surface area contributed by atoms with Crippen LogP contribution in [-0.4, -0.2) is 47.2 Å². The van der Waals surface area contributed by atoms with E-state index in [1.54, 1.807) is 28.0 Å². The number of carbonyl (C=O) groups excluding carboxylic acids is 1. The first kappa shape index (κ1) is 19.7. The normalized spacial score (nSPS) is 15.1.